The standard InChI is InChI=1S/C10H13N5S/c11-9(16)10-13-3-7-15(10)5-1-4-14-6-2-12-8-14/h2-3,6-8H,1,4-5H2,(H2,11,16). The zero-order chi connectivity index (χ0) is 11.4. The van der Waals surface area contributed by atoms with Crippen molar-refractivity contribution in [3.63, 3.8) is 0 Å². The Hall–Kier alpha value is -1.69. The van der Waals surface area contributed by atoms with E-state index in [4.69, 9.17) is 18.0 Å². The molecule has 2 aromatic rings. The highest BCUT2D eigenvalue weighted by molar-refractivity contribution is 7.80. The first-order valence-corrected chi connectivity index (χ1v) is 5.45. The van der Waals surface area contributed by atoms with Gasteiger partial charge in [0.05, 0.1) is 6.33 Å². The Morgan fingerprint density at radius 3 is 2.88 bits per heavy atom. The highest BCUT2D eigenvalue weighted by Crippen LogP contribution is 2.01. The minimum Gasteiger partial charge on any atom is -0.387 e. The van der Waals surface area contributed by atoms with E-state index in [2.05, 4.69) is 9.97 Å². The average Bonchev–Trinajstić information content (AvgIpc) is 2.87. The summed E-state index contributed by atoms with van der Waals surface area (Å²) in [7, 11) is 0. The van der Waals surface area contributed by atoms with Gasteiger partial charge in [-0.05, 0) is 6.42 Å². The van der Waals surface area contributed by atoms with Gasteiger partial charge in [0.2, 0.25) is 0 Å². The maximum atomic E-state index is 5.56. The molecule has 0 atom stereocenters. The van der Waals surface area contributed by atoms with Crippen LogP contribution in [0.25, 0.3) is 0 Å². The van der Waals surface area contributed by atoms with Crippen LogP contribution < -0.4 is 5.73 Å². The predicted molar refractivity (Wildman–Crippen MR) is 65.0 cm³/mol. The second kappa shape index (κ2) is 4.89. The van der Waals surface area contributed by atoms with Crippen molar-refractivity contribution in [2.75, 3.05) is 0 Å². The molecular formula is C10H13N5S. The summed E-state index contributed by atoms with van der Waals surface area (Å²) in [4.78, 5) is 8.44. The summed E-state index contributed by atoms with van der Waals surface area (Å²) in [5, 5.41) is 0. The van der Waals surface area contributed by atoms with Crippen molar-refractivity contribution in [3.05, 3.63) is 36.9 Å². The summed E-state index contributed by atoms with van der Waals surface area (Å²) in [5.74, 6) is 0.681. The summed E-state index contributed by atoms with van der Waals surface area (Å²) < 4.78 is 4.01. The van der Waals surface area contributed by atoms with Crippen molar-refractivity contribution in [3.8, 4) is 0 Å². The smallest absolute Gasteiger partial charge is 0.167 e. The van der Waals surface area contributed by atoms with E-state index < -0.39 is 0 Å². The number of rotatable bonds is 5. The molecule has 2 heterocycles. The third-order valence-electron chi connectivity index (χ3n) is 2.31. The van der Waals surface area contributed by atoms with Crippen molar-refractivity contribution in [2.24, 2.45) is 5.73 Å². The van der Waals surface area contributed by atoms with Crippen LogP contribution in [0.4, 0.5) is 0 Å². The van der Waals surface area contributed by atoms with E-state index in [1.165, 1.54) is 0 Å². The molecule has 0 fully saturated rings. The van der Waals surface area contributed by atoms with Gasteiger partial charge in [-0.2, -0.15) is 0 Å². The van der Waals surface area contributed by atoms with Crippen LogP contribution in [-0.4, -0.2) is 24.1 Å². The number of imidazole rings is 2. The summed E-state index contributed by atoms with van der Waals surface area (Å²) in [6.07, 6.45) is 10.1. The number of aryl methyl sites for hydroxylation is 2. The molecule has 0 amide bonds. The van der Waals surface area contributed by atoms with Crippen molar-refractivity contribution in [1.29, 1.82) is 0 Å². The lowest BCUT2D eigenvalue weighted by atomic mass is 10.4. The second-order valence-electron chi connectivity index (χ2n) is 3.46. The van der Waals surface area contributed by atoms with Crippen LogP contribution in [0.1, 0.15) is 12.2 Å². The van der Waals surface area contributed by atoms with E-state index in [9.17, 15) is 0 Å². The van der Waals surface area contributed by atoms with Crippen molar-refractivity contribution in [2.45, 2.75) is 19.5 Å². The molecule has 0 aromatic carbocycles. The number of hydrogen-bond acceptors (Lipinski definition) is 3. The van der Waals surface area contributed by atoms with Gasteiger partial charge in [-0.1, -0.05) is 12.2 Å². The fourth-order valence-electron chi connectivity index (χ4n) is 1.56. The van der Waals surface area contributed by atoms with Gasteiger partial charge in [0.25, 0.3) is 0 Å². The summed E-state index contributed by atoms with van der Waals surface area (Å²) in [6.45, 7) is 1.78. The van der Waals surface area contributed by atoms with Gasteiger partial charge in [0, 0.05) is 37.9 Å². The molecular weight excluding hydrogens is 222 g/mol. The quantitative estimate of drug-likeness (QED) is 0.779. The Morgan fingerprint density at radius 1 is 1.31 bits per heavy atom. The lowest BCUT2D eigenvalue weighted by Gasteiger charge is -2.06. The van der Waals surface area contributed by atoms with E-state index in [0.717, 1.165) is 19.5 Å². The number of nitrogens with two attached hydrogens (primary N) is 1. The lowest BCUT2D eigenvalue weighted by Crippen LogP contribution is -2.17. The molecule has 0 aliphatic heterocycles. The Kier molecular flexibility index (Phi) is 3.31. The molecule has 0 aliphatic carbocycles. The molecule has 0 unspecified atom stereocenters. The summed E-state index contributed by atoms with van der Waals surface area (Å²) >= 11 is 4.91. The van der Waals surface area contributed by atoms with Gasteiger partial charge in [-0.25, -0.2) is 9.97 Å². The van der Waals surface area contributed by atoms with Gasteiger partial charge in [0.1, 0.15) is 4.99 Å². The Bertz CT molecular complexity index is 459. The van der Waals surface area contributed by atoms with Crippen molar-refractivity contribution in [1.82, 2.24) is 19.1 Å². The molecule has 2 N–H and O–H groups in total. The highest BCUT2D eigenvalue weighted by Gasteiger charge is 2.04. The predicted octanol–water partition coefficient (Wildman–Crippen LogP) is 0.804. The normalized spacial score (nSPS) is 10.5. The van der Waals surface area contributed by atoms with E-state index in [1.807, 2.05) is 27.9 Å². The maximum Gasteiger partial charge on any atom is 0.167 e. The highest BCUT2D eigenvalue weighted by atomic mass is 32.1. The van der Waals surface area contributed by atoms with E-state index in [1.54, 1.807) is 12.4 Å². The van der Waals surface area contributed by atoms with Crippen LogP contribution in [0.15, 0.2) is 31.1 Å². The molecule has 0 bridgehead atoms. The fourth-order valence-corrected chi connectivity index (χ4v) is 1.73. The van der Waals surface area contributed by atoms with Crippen LogP contribution in [0.5, 0.6) is 0 Å². The largest absolute Gasteiger partial charge is 0.387 e. The van der Waals surface area contributed by atoms with Gasteiger partial charge in [0.15, 0.2) is 5.82 Å². The average molecular weight is 235 g/mol. The molecule has 0 aliphatic rings. The van der Waals surface area contributed by atoms with Crippen LogP contribution in [0, 0.1) is 0 Å². The topological polar surface area (TPSA) is 61.7 Å². The van der Waals surface area contributed by atoms with E-state index in [-0.39, 0.29) is 0 Å². The molecule has 84 valence electrons. The van der Waals surface area contributed by atoms with Crippen molar-refractivity contribution >= 4 is 17.2 Å². The minimum atomic E-state index is 0.340. The zero-order valence-corrected chi connectivity index (χ0v) is 9.60. The first-order chi connectivity index (χ1) is 7.77. The monoisotopic (exact) mass is 235 g/mol. The third kappa shape index (κ3) is 2.46. The number of aromatic nitrogens is 4. The van der Waals surface area contributed by atoms with Gasteiger partial charge >= 0.3 is 0 Å². The summed E-state index contributed by atoms with van der Waals surface area (Å²) in [6, 6.07) is 0. The summed E-state index contributed by atoms with van der Waals surface area (Å²) in [5.41, 5.74) is 5.56. The van der Waals surface area contributed by atoms with Crippen LogP contribution in [-0.2, 0) is 13.1 Å². The Labute approximate surface area is 98.9 Å². The molecule has 2 rings (SSSR count). The molecule has 0 saturated heterocycles. The lowest BCUT2D eigenvalue weighted by molar-refractivity contribution is 0.561. The second-order valence-corrected chi connectivity index (χ2v) is 3.90. The van der Waals surface area contributed by atoms with E-state index >= 15 is 0 Å². The number of thiocarbonyl (C=S) groups is 1. The SMILES string of the molecule is NC(=S)c1nccn1CCCn1ccnc1. The minimum absolute atomic E-state index is 0.340. The van der Waals surface area contributed by atoms with Crippen LogP contribution >= 0.6 is 12.2 Å². The fraction of sp³-hybridized carbons (Fsp3) is 0.300. The van der Waals surface area contributed by atoms with Gasteiger partial charge < -0.3 is 14.9 Å². The molecule has 2 aromatic heterocycles. The molecule has 0 radical (unpaired) electrons. The molecule has 6 heteroatoms. The van der Waals surface area contributed by atoms with E-state index in [0.29, 0.717) is 10.8 Å². The molecule has 16 heavy (non-hydrogen) atoms. The Morgan fingerprint density at radius 2 is 2.19 bits per heavy atom. The Balaban J connectivity index is 1.90. The van der Waals surface area contributed by atoms with Crippen LogP contribution in [0.3, 0.4) is 0 Å². The van der Waals surface area contributed by atoms with Crippen molar-refractivity contribution < 1.29 is 0 Å². The first kappa shape index (κ1) is 10.8. The van der Waals surface area contributed by atoms with Gasteiger partial charge in [-0.15, -0.1) is 0 Å². The number of nitrogens with zero attached hydrogens (tertiary/aromatic N) is 4. The number of hydrogen-bond donors (Lipinski definition) is 1. The van der Waals surface area contributed by atoms with Gasteiger partial charge in [-0.3, -0.25) is 0 Å². The molecule has 0 spiro atoms. The van der Waals surface area contributed by atoms with Crippen LogP contribution in [0.2, 0.25) is 0 Å². The molecule has 5 nitrogen and oxygen atoms in total. The first-order valence-electron chi connectivity index (χ1n) is 5.04. The molecule has 0 saturated carbocycles. The third-order valence-corrected chi connectivity index (χ3v) is 2.49. The maximum absolute atomic E-state index is 5.56. The zero-order valence-electron chi connectivity index (χ0n) is 8.78.